The fourth-order valence-corrected chi connectivity index (χ4v) is 4.84. The predicted molar refractivity (Wildman–Crippen MR) is 148 cm³/mol. The Hall–Kier alpha value is -4.85. The number of halogens is 1. The lowest BCUT2D eigenvalue weighted by Crippen LogP contribution is -2.27. The topological polar surface area (TPSA) is 90.1 Å². The summed E-state index contributed by atoms with van der Waals surface area (Å²) in [6.45, 7) is 0.985. The van der Waals surface area contributed by atoms with Crippen LogP contribution in [0.4, 0.5) is 10.1 Å². The molecule has 0 aliphatic rings. The van der Waals surface area contributed by atoms with Gasteiger partial charge in [0, 0.05) is 73.0 Å². The zero-order chi connectivity index (χ0) is 27.2. The molecule has 5 rings (SSSR count). The molecule has 1 N–H and O–H groups in total. The van der Waals surface area contributed by atoms with E-state index in [9.17, 15) is 19.3 Å². The van der Waals surface area contributed by atoms with Crippen LogP contribution in [0.15, 0.2) is 103 Å². The van der Waals surface area contributed by atoms with Gasteiger partial charge in [0.25, 0.3) is 5.69 Å². The lowest BCUT2D eigenvalue weighted by Gasteiger charge is -2.17. The maximum Gasteiger partial charge on any atom is 0.269 e. The molecule has 0 spiro atoms. The molecule has 1 atom stereocenters. The van der Waals surface area contributed by atoms with Crippen LogP contribution in [-0.4, -0.2) is 26.9 Å². The first-order valence-corrected chi connectivity index (χ1v) is 12.7. The Morgan fingerprint density at radius 1 is 0.974 bits per heavy atom. The van der Waals surface area contributed by atoms with Crippen molar-refractivity contribution < 1.29 is 14.1 Å². The zero-order valence-electron chi connectivity index (χ0n) is 21.2. The van der Waals surface area contributed by atoms with Crippen LogP contribution in [0.3, 0.4) is 0 Å². The van der Waals surface area contributed by atoms with Crippen LogP contribution in [0, 0.1) is 15.9 Å². The van der Waals surface area contributed by atoms with Crippen LogP contribution >= 0.6 is 0 Å². The minimum Gasteiger partial charge on any atom is -0.356 e. The van der Waals surface area contributed by atoms with Gasteiger partial charge in [-0.25, -0.2) is 4.39 Å². The van der Waals surface area contributed by atoms with Gasteiger partial charge in [-0.2, -0.15) is 0 Å². The molecule has 8 heteroatoms. The van der Waals surface area contributed by atoms with Crippen LogP contribution in [0.2, 0.25) is 0 Å². The molecule has 5 aromatic rings. The highest BCUT2D eigenvalue weighted by Crippen LogP contribution is 2.35. The summed E-state index contributed by atoms with van der Waals surface area (Å²) in [6.07, 6.45) is 4.54. The number of carbonyl (C=O) groups is 1. The number of nitro benzene ring substituents is 1. The number of nitrogens with one attached hydrogen (secondary N) is 1. The first-order chi connectivity index (χ1) is 19.0. The van der Waals surface area contributed by atoms with E-state index in [1.165, 1.54) is 24.3 Å². The first kappa shape index (κ1) is 25.8. The summed E-state index contributed by atoms with van der Waals surface area (Å²) in [7, 11) is 0. The predicted octanol–water partition coefficient (Wildman–Crippen LogP) is 6.01. The van der Waals surface area contributed by atoms with E-state index in [1.54, 1.807) is 30.5 Å². The number of non-ortho nitro benzene ring substituents is 1. The van der Waals surface area contributed by atoms with Crippen molar-refractivity contribution >= 4 is 22.5 Å². The number of hydrogen-bond acceptors (Lipinski definition) is 4. The second kappa shape index (κ2) is 11.7. The molecule has 0 radical (unpaired) electrons. The third-order valence-electron chi connectivity index (χ3n) is 6.79. The number of nitro groups is 1. The van der Waals surface area contributed by atoms with Gasteiger partial charge in [0.15, 0.2) is 0 Å². The van der Waals surface area contributed by atoms with E-state index in [1.807, 2.05) is 48.7 Å². The van der Waals surface area contributed by atoms with Gasteiger partial charge in [0.1, 0.15) is 5.82 Å². The van der Waals surface area contributed by atoms with Crippen molar-refractivity contribution in [3.8, 4) is 0 Å². The van der Waals surface area contributed by atoms with Crippen molar-refractivity contribution in [3.05, 3.63) is 142 Å². The minimum absolute atomic E-state index is 0.00366. The van der Waals surface area contributed by atoms with Gasteiger partial charge < -0.3 is 9.88 Å². The van der Waals surface area contributed by atoms with Gasteiger partial charge in [0.2, 0.25) is 5.91 Å². The van der Waals surface area contributed by atoms with Crippen LogP contribution < -0.4 is 5.32 Å². The molecular weight excluding hydrogens is 495 g/mol. The molecule has 0 aliphatic heterocycles. The van der Waals surface area contributed by atoms with Crippen molar-refractivity contribution in [3.63, 3.8) is 0 Å². The van der Waals surface area contributed by atoms with Crippen LogP contribution in [0.5, 0.6) is 0 Å². The molecule has 2 heterocycles. The van der Waals surface area contributed by atoms with Crippen molar-refractivity contribution in [2.24, 2.45) is 0 Å². The van der Waals surface area contributed by atoms with E-state index in [2.05, 4.69) is 14.9 Å². The van der Waals surface area contributed by atoms with Crippen LogP contribution in [0.25, 0.3) is 10.9 Å². The van der Waals surface area contributed by atoms with E-state index in [-0.39, 0.29) is 29.8 Å². The first-order valence-electron chi connectivity index (χ1n) is 12.7. The molecule has 0 saturated carbocycles. The second-order valence-corrected chi connectivity index (χ2v) is 9.38. The summed E-state index contributed by atoms with van der Waals surface area (Å²) >= 11 is 0. The Labute approximate surface area is 225 Å². The Kier molecular flexibility index (Phi) is 7.73. The number of aromatic nitrogens is 2. The number of carbonyl (C=O) groups excluding carboxylic acids is 1. The highest BCUT2D eigenvalue weighted by Gasteiger charge is 2.23. The molecule has 2 aromatic heterocycles. The highest BCUT2D eigenvalue weighted by atomic mass is 19.1. The van der Waals surface area contributed by atoms with E-state index >= 15 is 0 Å². The molecule has 196 valence electrons. The van der Waals surface area contributed by atoms with E-state index < -0.39 is 4.92 Å². The number of fused-ring (bicyclic) bond motifs is 1. The molecule has 0 fully saturated rings. The lowest BCUT2D eigenvalue weighted by molar-refractivity contribution is -0.384. The van der Waals surface area contributed by atoms with Gasteiger partial charge in [0.05, 0.1) is 4.92 Å². The van der Waals surface area contributed by atoms with Crippen molar-refractivity contribution in [2.45, 2.75) is 25.3 Å². The van der Waals surface area contributed by atoms with E-state index in [0.717, 1.165) is 33.3 Å². The summed E-state index contributed by atoms with van der Waals surface area (Å²) in [6, 6.07) is 26.4. The Balaban J connectivity index is 1.46. The Morgan fingerprint density at radius 2 is 1.72 bits per heavy atom. The fourth-order valence-electron chi connectivity index (χ4n) is 4.84. The van der Waals surface area contributed by atoms with Gasteiger partial charge in [-0.15, -0.1) is 0 Å². The summed E-state index contributed by atoms with van der Waals surface area (Å²) in [5.74, 6) is -0.742. The van der Waals surface area contributed by atoms with Crippen molar-refractivity contribution in [2.75, 3.05) is 6.54 Å². The van der Waals surface area contributed by atoms with Crippen molar-refractivity contribution in [1.29, 1.82) is 0 Å². The van der Waals surface area contributed by atoms with Gasteiger partial charge in [-0.05, 0) is 47.0 Å². The van der Waals surface area contributed by atoms with Gasteiger partial charge in [-0.1, -0.05) is 48.5 Å². The van der Waals surface area contributed by atoms with Gasteiger partial charge >= 0.3 is 0 Å². The summed E-state index contributed by atoms with van der Waals surface area (Å²) in [5.41, 5.74) is 4.58. The van der Waals surface area contributed by atoms with Crippen LogP contribution in [0.1, 0.15) is 34.7 Å². The third-order valence-corrected chi connectivity index (χ3v) is 6.79. The van der Waals surface area contributed by atoms with E-state index in [4.69, 9.17) is 0 Å². The molecule has 1 unspecified atom stereocenters. The molecule has 39 heavy (non-hydrogen) atoms. The molecular formula is C31H27FN4O3. The Morgan fingerprint density at radius 3 is 2.44 bits per heavy atom. The molecule has 1 amide bonds. The number of nitrogens with zero attached hydrogens (tertiary/aromatic N) is 3. The zero-order valence-corrected chi connectivity index (χ0v) is 21.2. The molecule has 3 aromatic carbocycles. The normalized spacial score (nSPS) is 11.8. The van der Waals surface area contributed by atoms with E-state index in [0.29, 0.717) is 19.5 Å². The molecule has 7 nitrogen and oxygen atoms in total. The molecule has 0 saturated heterocycles. The number of pyridine rings is 1. The smallest absolute Gasteiger partial charge is 0.269 e. The summed E-state index contributed by atoms with van der Waals surface area (Å²) in [5, 5.41) is 15.2. The summed E-state index contributed by atoms with van der Waals surface area (Å²) in [4.78, 5) is 28.3. The maximum absolute atomic E-state index is 13.5. The molecule has 0 bridgehead atoms. The maximum atomic E-state index is 13.5. The minimum atomic E-state index is -0.433. The number of rotatable bonds is 10. The van der Waals surface area contributed by atoms with Crippen LogP contribution in [-0.2, 0) is 17.8 Å². The highest BCUT2D eigenvalue weighted by molar-refractivity contribution is 5.87. The monoisotopic (exact) mass is 522 g/mol. The number of amides is 1. The standard InChI is InChI=1S/C31H27FN4O3/c32-24-12-8-22(9-13-24)20-35-21-29(27-6-1-2-7-30(27)35)28(23-10-14-26(15-11-23)36(38)39)19-31(37)34-18-16-25-5-3-4-17-33-25/h1-15,17,21,28H,16,18-20H2,(H,34,37). The number of para-hydroxylation sites is 1. The largest absolute Gasteiger partial charge is 0.356 e. The third kappa shape index (κ3) is 6.18. The Bertz CT molecular complexity index is 1580. The average Bonchev–Trinajstić information content (AvgIpc) is 3.31. The average molecular weight is 523 g/mol. The second-order valence-electron chi connectivity index (χ2n) is 9.38. The lowest BCUT2D eigenvalue weighted by atomic mass is 9.88. The fraction of sp³-hybridized carbons (Fsp3) is 0.161. The summed E-state index contributed by atoms with van der Waals surface area (Å²) < 4.78 is 15.6. The van der Waals surface area contributed by atoms with Gasteiger partial charge in [-0.3, -0.25) is 19.9 Å². The SMILES string of the molecule is O=C(CC(c1ccc([N+](=O)[O-])cc1)c1cn(Cc2ccc(F)cc2)c2ccccc12)NCCc1ccccn1. The molecule has 0 aliphatic carbocycles. The van der Waals surface area contributed by atoms with Crippen molar-refractivity contribution in [1.82, 2.24) is 14.9 Å². The number of hydrogen-bond donors (Lipinski definition) is 1. The number of benzene rings is 3. The quantitative estimate of drug-likeness (QED) is 0.180.